The fourth-order valence-electron chi connectivity index (χ4n) is 1.61. The van der Waals surface area contributed by atoms with Crippen LogP contribution in [0.2, 0.25) is 0 Å². The summed E-state index contributed by atoms with van der Waals surface area (Å²) in [6.07, 6.45) is -0.458. The van der Waals surface area contributed by atoms with Crippen LogP contribution in [0.1, 0.15) is 12.5 Å². The van der Waals surface area contributed by atoms with Crippen LogP contribution in [0.4, 0.5) is 0 Å². The normalized spacial score (nSPS) is 13.5. The van der Waals surface area contributed by atoms with Gasteiger partial charge in [-0.2, -0.15) is 0 Å². The van der Waals surface area contributed by atoms with Crippen LogP contribution >= 0.6 is 0 Å². The van der Waals surface area contributed by atoms with Crippen molar-refractivity contribution in [3.63, 3.8) is 0 Å². The molecule has 0 spiro atoms. The number of rotatable bonds is 8. The Morgan fingerprint density at radius 1 is 1.30 bits per heavy atom. The largest absolute Gasteiger partial charge is 0.480 e. The third-order valence-corrected chi connectivity index (χ3v) is 2.51. The van der Waals surface area contributed by atoms with Gasteiger partial charge >= 0.3 is 5.97 Å². The standard InChI is InChI=1S/C14H19NO5/c1-10(16)8-20-9-13(17)15-12(14(18)19)7-11-5-3-2-4-6-11/h2-6,10,12,16H,7-9H2,1H3,(H,15,17)(H,18,19)/t10?,12-/m0/s1. The number of aliphatic hydroxyl groups is 1. The van der Waals surface area contributed by atoms with Crippen molar-refractivity contribution < 1.29 is 24.5 Å². The van der Waals surface area contributed by atoms with E-state index in [0.717, 1.165) is 5.56 Å². The molecule has 1 amide bonds. The zero-order valence-corrected chi connectivity index (χ0v) is 11.3. The minimum Gasteiger partial charge on any atom is -0.480 e. The number of hydrogen-bond acceptors (Lipinski definition) is 4. The number of nitrogens with one attached hydrogen (secondary N) is 1. The van der Waals surface area contributed by atoms with Gasteiger partial charge in [-0.15, -0.1) is 0 Å². The van der Waals surface area contributed by atoms with E-state index < -0.39 is 24.0 Å². The van der Waals surface area contributed by atoms with Crippen LogP contribution in [0.15, 0.2) is 30.3 Å². The van der Waals surface area contributed by atoms with Crippen molar-refractivity contribution in [2.75, 3.05) is 13.2 Å². The lowest BCUT2D eigenvalue weighted by Gasteiger charge is -2.15. The molecule has 3 N–H and O–H groups in total. The van der Waals surface area contributed by atoms with Crippen LogP contribution in [0.25, 0.3) is 0 Å². The third kappa shape index (κ3) is 6.31. The van der Waals surface area contributed by atoms with Gasteiger partial charge in [-0.1, -0.05) is 30.3 Å². The Balaban J connectivity index is 2.47. The molecule has 1 unspecified atom stereocenters. The Kier molecular flexibility index (Phi) is 6.69. The lowest BCUT2D eigenvalue weighted by atomic mass is 10.1. The van der Waals surface area contributed by atoms with Crippen molar-refractivity contribution in [3.8, 4) is 0 Å². The molecule has 0 aliphatic rings. The Labute approximate surface area is 117 Å². The van der Waals surface area contributed by atoms with Crippen LogP contribution in [0.3, 0.4) is 0 Å². The van der Waals surface area contributed by atoms with Crippen LogP contribution < -0.4 is 5.32 Å². The molecule has 110 valence electrons. The Bertz CT molecular complexity index is 432. The summed E-state index contributed by atoms with van der Waals surface area (Å²) in [5.74, 6) is -1.62. The minimum absolute atomic E-state index is 0.0316. The number of amides is 1. The van der Waals surface area contributed by atoms with Gasteiger partial charge in [0.15, 0.2) is 0 Å². The Morgan fingerprint density at radius 2 is 1.95 bits per heavy atom. The summed E-state index contributed by atoms with van der Waals surface area (Å²) >= 11 is 0. The number of ether oxygens (including phenoxy) is 1. The number of carbonyl (C=O) groups excluding carboxylic acids is 1. The van der Waals surface area contributed by atoms with E-state index in [0.29, 0.717) is 0 Å². The minimum atomic E-state index is -1.10. The van der Waals surface area contributed by atoms with Crippen molar-refractivity contribution in [1.29, 1.82) is 0 Å². The predicted molar refractivity (Wildman–Crippen MR) is 72.2 cm³/mol. The van der Waals surface area contributed by atoms with Gasteiger partial charge in [0.25, 0.3) is 0 Å². The average molecular weight is 281 g/mol. The van der Waals surface area contributed by atoms with E-state index in [-0.39, 0.29) is 19.6 Å². The van der Waals surface area contributed by atoms with Crippen molar-refractivity contribution in [2.24, 2.45) is 0 Å². The number of aliphatic hydroxyl groups excluding tert-OH is 1. The number of carboxylic acid groups (broad SMARTS) is 1. The molecule has 1 aromatic carbocycles. The summed E-state index contributed by atoms with van der Waals surface area (Å²) in [6, 6.07) is 8.05. The smallest absolute Gasteiger partial charge is 0.326 e. The zero-order chi connectivity index (χ0) is 15.0. The van der Waals surface area contributed by atoms with Crippen LogP contribution in [0.5, 0.6) is 0 Å². The van der Waals surface area contributed by atoms with Crippen LogP contribution in [-0.2, 0) is 20.7 Å². The molecular formula is C14H19NO5. The summed E-state index contributed by atoms with van der Waals surface area (Å²) in [4.78, 5) is 22.7. The fraction of sp³-hybridized carbons (Fsp3) is 0.429. The van der Waals surface area contributed by atoms with E-state index in [1.54, 1.807) is 12.1 Å². The van der Waals surface area contributed by atoms with Gasteiger partial charge in [-0.25, -0.2) is 4.79 Å². The molecule has 0 saturated heterocycles. The summed E-state index contributed by atoms with van der Waals surface area (Å²) in [7, 11) is 0. The van der Waals surface area contributed by atoms with Gasteiger partial charge in [0, 0.05) is 6.42 Å². The maximum atomic E-state index is 11.5. The highest BCUT2D eigenvalue weighted by molar-refractivity contribution is 5.84. The molecule has 0 aliphatic heterocycles. The van der Waals surface area contributed by atoms with Crippen molar-refractivity contribution >= 4 is 11.9 Å². The quantitative estimate of drug-likeness (QED) is 0.632. The lowest BCUT2D eigenvalue weighted by molar-refractivity contribution is -0.142. The number of carbonyl (C=O) groups is 2. The predicted octanol–water partition coefficient (Wildman–Crippen LogP) is 0.196. The molecule has 6 heteroatoms. The first kappa shape index (κ1) is 16.1. The molecule has 0 aliphatic carbocycles. The first-order valence-electron chi connectivity index (χ1n) is 6.31. The monoisotopic (exact) mass is 281 g/mol. The molecule has 0 fully saturated rings. The van der Waals surface area contributed by atoms with E-state index in [9.17, 15) is 9.59 Å². The molecule has 0 heterocycles. The second kappa shape index (κ2) is 8.29. The van der Waals surface area contributed by atoms with Gasteiger partial charge in [-0.3, -0.25) is 4.79 Å². The zero-order valence-electron chi connectivity index (χ0n) is 11.3. The fourth-order valence-corrected chi connectivity index (χ4v) is 1.61. The van der Waals surface area contributed by atoms with E-state index in [2.05, 4.69) is 5.32 Å². The van der Waals surface area contributed by atoms with Gasteiger partial charge < -0.3 is 20.3 Å². The van der Waals surface area contributed by atoms with Gasteiger partial charge in [-0.05, 0) is 12.5 Å². The van der Waals surface area contributed by atoms with Crippen molar-refractivity contribution in [3.05, 3.63) is 35.9 Å². The maximum Gasteiger partial charge on any atom is 0.326 e. The maximum absolute atomic E-state index is 11.5. The molecule has 2 atom stereocenters. The first-order chi connectivity index (χ1) is 9.49. The molecule has 0 bridgehead atoms. The second-order valence-electron chi connectivity index (χ2n) is 4.51. The highest BCUT2D eigenvalue weighted by Gasteiger charge is 2.20. The van der Waals surface area contributed by atoms with Crippen LogP contribution in [0, 0.1) is 0 Å². The molecule has 0 aromatic heterocycles. The molecule has 0 saturated carbocycles. The first-order valence-corrected chi connectivity index (χ1v) is 6.31. The van der Waals surface area contributed by atoms with Gasteiger partial charge in [0.2, 0.25) is 5.91 Å². The summed E-state index contributed by atoms with van der Waals surface area (Å²) in [6.45, 7) is 1.29. The number of benzene rings is 1. The molecule has 20 heavy (non-hydrogen) atoms. The summed E-state index contributed by atoms with van der Waals surface area (Å²) < 4.78 is 4.93. The number of aliphatic carboxylic acids is 1. The molecular weight excluding hydrogens is 262 g/mol. The molecule has 6 nitrogen and oxygen atoms in total. The summed E-state index contributed by atoms with van der Waals surface area (Å²) in [5.41, 5.74) is 0.824. The third-order valence-electron chi connectivity index (χ3n) is 2.51. The Morgan fingerprint density at radius 3 is 2.50 bits per heavy atom. The molecule has 0 radical (unpaired) electrons. The number of carboxylic acids is 1. The number of hydrogen-bond donors (Lipinski definition) is 3. The van der Waals surface area contributed by atoms with Crippen molar-refractivity contribution in [2.45, 2.75) is 25.5 Å². The molecule has 1 aromatic rings. The SMILES string of the molecule is CC(O)COCC(=O)N[C@@H](Cc1ccccc1)C(=O)O. The van der Waals surface area contributed by atoms with Gasteiger partial charge in [0.1, 0.15) is 12.6 Å². The summed E-state index contributed by atoms with van der Waals surface area (Å²) in [5, 5.41) is 20.5. The Hall–Kier alpha value is -1.92. The van der Waals surface area contributed by atoms with Crippen LogP contribution in [-0.4, -0.2) is 47.4 Å². The van der Waals surface area contributed by atoms with E-state index in [4.69, 9.17) is 14.9 Å². The van der Waals surface area contributed by atoms with E-state index in [1.807, 2.05) is 18.2 Å². The van der Waals surface area contributed by atoms with Crippen molar-refractivity contribution in [1.82, 2.24) is 5.32 Å². The average Bonchev–Trinajstić information content (AvgIpc) is 2.38. The van der Waals surface area contributed by atoms with E-state index in [1.165, 1.54) is 6.92 Å². The highest BCUT2D eigenvalue weighted by atomic mass is 16.5. The second-order valence-corrected chi connectivity index (χ2v) is 4.51. The molecule has 1 rings (SSSR count). The lowest BCUT2D eigenvalue weighted by Crippen LogP contribution is -2.44. The van der Waals surface area contributed by atoms with E-state index >= 15 is 0 Å². The van der Waals surface area contributed by atoms with Gasteiger partial charge in [0.05, 0.1) is 12.7 Å². The topological polar surface area (TPSA) is 95.9 Å². The highest BCUT2D eigenvalue weighted by Crippen LogP contribution is 2.03.